The number of ether oxygens (including phenoxy) is 1. The molecule has 2 aliphatic rings. The van der Waals surface area contributed by atoms with Crippen molar-refractivity contribution in [1.29, 1.82) is 0 Å². The number of carbonyl (C=O) groups is 1. The Kier molecular flexibility index (Phi) is 7.15. The summed E-state index contributed by atoms with van der Waals surface area (Å²) in [6.07, 6.45) is 4.01. The van der Waals surface area contributed by atoms with Crippen molar-refractivity contribution in [2.75, 3.05) is 13.7 Å². The van der Waals surface area contributed by atoms with E-state index < -0.39 is 12.4 Å². The van der Waals surface area contributed by atoms with Crippen molar-refractivity contribution in [3.05, 3.63) is 64.5 Å². The molecule has 1 saturated carbocycles. The Bertz CT molecular complexity index is 1250. The number of aliphatic carboxylic acids is 1. The fraction of sp³-hybridized carbons (Fsp3) is 0.517. The van der Waals surface area contributed by atoms with E-state index in [1.165, 1.54) is 23.8 Å². The molecule has 3 aromatic rings. The summed E-state index contributed by atoms with van der Waals surface area (Å²) in [5.41, 5.74) is 7.07. The van der Waals surface area contributed by atoms with E-state index in [9.17, 15) is 15.0 Å². The van der Waals surface area contributed by atoms with Crippen molar-refractivity contribution in [2.45, 2.75) is 77.3 Å². The van der Waals surface area contributed by atoms with E-state index in [2.05, 4.69) is 54.8 Å². The highest BCUT2D eigenvalue weighted by Crippen LogP contribution is 2.40. The lowest BCUT2D eigenvalue weighted by Gasteiger charge is -2.31. The highest BCUT2D eigenvalue weighted by Gasteiger charge is 2.33. The lowest BCUT2D eigenvalue weighted by atomic mass is 9.81. The number of nitrogens with zero attached hydrogens (tertiary/aromatic N) is 3. The van der Waals surface area contributed by atoms with E-state index in [-0.39, 0.29) is 17.9 Å². The molecule has 2 heterocycles. The third kappa shape index (κ3) is 4.67. The number of hydrogen-bond donors (Lipinski definition) is 2. The topological polar surface area (TPSA) is 87.8 Å². The highest BCUT2D eigenvalue weighted by atomic mass is 16.6. The second-order valence-corrected chi connectivity index (χ2v) is 10.6. The molecule has 0 spiro atoms. The summed E-state index contributed by atoms with van der Waals surface area (Å²) >= 11 is 0. The predicted molar refractivity (Wildman–Crippen MR) is 139 cm³/mol. The first-order chi connectivity index (χ1) is 17.4. The number of methoxy groups -OCH3 is 1. The van der Waals surface area contributed by atoms with Crippen LogP contribution in [0, 0.1) is 12.8 Å². The number of hydrogen-bond acceptors (Lipinski definition) is 5. The van der Waals surface area contributed by atoms with Gasteiger partial charge in [0.2, 0.25) is 6.41 Å². The molecule has 2 N–H and O–H groups in total. The maximum absolute atomic E-state index is 11.9. The van der Waals surface area contributed by atoms with Gasteiger partial charge in [0.05, 0.1) is 17.0 Å². The van der Waals surface area contributed by atoms with Crippen LogP contribution in [0.15, 0.2) is 36.4 Å². The number of aliphatic hydroxyl groups excluding tert-OH is 1. The van der Waals surface area contributed by atoms with Gasteiger partial charge in [-0.1, -0.05) is 36.8 Å². The van der Waals surface area contributed by atoms with Crippen LogP contribution in [0.2, 0.25) is 0 Å². The highest BCUT2D eigenvalue weighted by molar-refractivity contribution is 5.82. The van der Waals surface area contributed by atoms with Crippen molar-refractivity contribution in [1.82, 2.24) is 14.5 Å². The lowest BCUT2D eigenvalue weighted by Crippen LogP contribution is -2.40. The second-order valence-electron chi connectivity index (χ2n) is 10.6. The van der Waals surface area contributed by atoms with Crippen molar-refractivity contribution in [3.8, 4) is 0 Å². The van der Waals surface area contributed by atoms with Gasteiger partial charge < -0.3 is 19.5 Å². The third-order valence-corrected chi connectivity index (χ3v) is 8.25. The molecule has 4 atom stereocenters. The van der Waals surface area contributed by atoms with Crippen LogP contribution < -0.4 is 0 Å². The molecule has 0 bridgehead atoms. The van der Waals surface area contributed by atoms with Gasteiger partial charge in [-0.25, -0.2) is 4.98 Å². The van der Waals surface area contributed by atoms with Crippen LogP contribution >= 0.6 is 0 Å². The number of aryl methyl sites for hydroxylation is 1. The summed E-state index contributed by atoms with van der Waals surface area (Å²) in [7, 11) is 1.52. The zero-order chi connectivity index (χ0) is 25.4. The molecule has 1 fully saturated rings. The number of benzene rings is 2. The Morgan fingerprint density at radius 3 is 2.78 bits per heavy atom. The maximum Gasteiger partial charge on any atom is 0.306 e. The number of carboxylic acids is 1. The first kappa shape index (κ1) is 24.9. The number of rotatable bonds is 7. The third-order valence-electron chi connectivity index (χ3n) is 8.25. The van der Waals surface area contributed by atoms with Gasteiger partial charge in [-0.05, 0) is 74.3 Å². The van der Waals surface area contributed by atoms with Gasteiger partial charge in [0.15, 0.2) is 0 Å². The van der Waals surface area contributed by atoms with Crippen molar-refractivity contribution >= 4 is 17.0 Å². The van der Waals surface area contributed by atoms with Crippen LogP contribution in [0.4, 0.5) is 0 Å². The molecule has 0 radical (unpaired) electrons. The molecule has 1 unspecified atom stereocenters. The van der Waals surface area contributed by atoms with Gasteiger partial charge in [-0.15, -0.1) is 0 Å². The molecule has 1 aliphatic heterocycles. The molecule has 5 rings (SSSR count). The maximum atomic E-state index is 11.9. The number of aliphatic hydroxyl groups is 1. The fourth-order valence-corrected chi connectivity index (χ4v) is 6.22. The Morgan fingerprint density at radius 1 is 1.22 bits per heavy atom. The minimum Gasteiger partial charge on any atom is -0.481 e. The number of carboxylic acid groups (broad SMARTS) is 1. The molecule has 1 aromatic heterocycles. The molecule has 7 heteroatoms. The van der Waals surface area contributed by atoms with Crippen LogP contribution in [0.3, 0.4) is 0 Å². The van der Waals surface area contributed by atoms with E-state index in [1.54, 1.807) is 0 Å². The smallest absolute Gasteiger partial charge is 0.306 e. The van der Waals surface area contributed by atoms with Crippen molar-refractivity contribution in [3.63, 3.8) is 0 Å². The second kappa shape index (κ2) is 10.3. The molecule has 0 saturated heterocycles. The lowest BCUT2D eigenvalue weighted by molar-refractivity contribution is -0.181. The van der Waals surface area contributed by atoms with Crippen LogP contribution in [0.5, 0.6) is 0 Å². The molecule has 0 amide bonds. The normalized spacial score (nSPS) is 22.3. The Morgan fingerprint density at radius 2 is 2.03 bits per heavy atom. The largest absolute Gasteiger partial charge is 0.481 e. The number of imidazole rings is 1. The van der Waals surface area contributed by atoms with Crippen LogP contribution in [0.25, 0.3) is 11.0 Å². The van der Waals surface area contributed by atoms with Crippen LogP contribution in [-0.4, -0.2) is 50.7 Å². The predicted octanol–water partition coefficient (Wildman–Crippen LogP) is 4.79. The zero-order valence-electron chi connectivity index (χ0n) is 21.5. The van der Waals surface area contributed by atoms with Crippen LogP contribution in [0.1, 0.15) is 72.6 Å². The van der Waals surface area contributed by atoms with Gasteiger partial charge in [-0.3, -0.25) is 9.69 Å². The van der Waals surface area contributed by atoms with Crippen molar-refractivity contribution < 1.29 is 19.7 Å². The van der Waals surface area contributed by atoms with E-state index in [1.807, 2.05) is 4.90 Å². The van der Waals surface area contributed by atoms with E-state index >= 15 is 0 Å². The van der Waals surface area contributed by atoms with Gasteiger partial charge in [0, 0.05) is 32.2 Å². The Hall–Kier alpha value is -2.74. The number of fused-ring (bicyclic) bond motifs is 3. The van der Waals surface area contributed by atoms with E-state index in [4.69, 9.17) is 9.72 Å². The summed E-state index contributed by atoms with van der Waals surface area (Å²) in [6, 6.07) is 13.1. The molecule has 2 aromatic carbocycles. The zero-order valence-corrected chi connectivity index (χ0v) is 21.5. The summed E-state index contributed by atoms with van der Waals surface area (Å²) in [5, 5.41) is 20.1. The summed E-state index contributed by atoms with van der Waals surface area (Å²) < 4.78 is 7.57. The standard InChI is InChI=1S/C29H37N3O4/c1-18-7-4-5-8-21(18)15-19(2)32-25-12-11-20-13-14-31(29(35)36-3)17-24(20)26(25)30-27(32)22-9-6-10-23(16-22)28(33)34/h4-5,7-8,11-12,19,22-23,29,35H,6,9-10,13-17H2,1-3H3,(H,33,34)/t19-,22-,23-,29?/m0/s1. The molecule has 36 heavy (non-hydrogen) atoms. The monoisotopic (exact) mass is 491 g/mol. The summed E-state index contributed by atoms with van der Waals surface area (Å²) in [6.45, 7) is 5.70. The Balaban J connectivity index is 1.60. The van der Waals surface area contributed by atoms with Gasteiger partial charge in [0.25, 0.3) is 0 Å². The number of aromatic nitrogens is 2. The van der Waals surface area contributed by atoms with E-state index in [0.717, 1.165) is 61.1 Å². The minimum atomic E-state index is -0.940. The van der Waals surface area contributed by atoms with E-state index in [0.29, 0.717) is 13.0 Å². The molecular formula is C29H37N3O4. The van der Waals surface area contributed by atoms with Gasteiger partial charge >= 0.3 is 5.97 Å². The molecule has 1 aliphatic carbocycles. The molecule has 7 nitrogen and oxygen atoms in total. The summed E-state index contributed by atoms with van der Waals surface area (Å²) in [4.78, 5) is 19.1. The SMILES string of the molecule is COC(O)N1CCc2ccc3c(nc([C@H]4CCC[C@H](C(=O)O)C4)n3[C@@H](C)Cc3ccccc3C)c2C1. The molecule has 192 valence electrons. The minimum absolute atomic E-state index is 0.117. The van der Waals surface area contributed by atoms with Crippen molar-refractivity contribution in [2.24, 2.45) is 5.92 Å². The van der Waals surface area contributed by atoms with Crippen LogP contribution in [-0.2, 0) is 28.9 Å². The first-order valence-corrected chi connectivity index (χ1v) is 13.1. The molecular weight excluding hydrogens is 454 g/mol. The summed E-state index contributed by atoms with van der Waals surface area (Å²) in [5.74, 6) is 0.114. The fourth-order valence-electron chi connectivity index (χ4n) is 6.22. The average Bonchev–Trinajstić information content (AvgIpc) is 3.29. The first-order valence-electron chi connectivity index (χ1n) is 13.1. The van der Waals surface area contributed by atoms with Gasteiger partial charge in [-0.2, -0.15) is 0 Å². The Labute approximate surface area is 212 Å². The van der Waals surface area contributed by atoms with Gasteiger partial charge in [0.1, 0.15) is 5.82 Å². The quantitative estimate of drug-likeness (QED) is 0.462. The average molecular weight is 492 g/mol.